The maximum atomic E-state index is 14.0. The van der Waals surface area contributed by atoms with E-state index in [2.05, 4.69) is 16.0 Å². The molecule has 1 aliphatic carbocycles. The second kappa shape index (κ2) is 6.14. The van der Waals surface area contributed by atoms with Crippen molar-refractivity contribution in [3.63, 3.8) is 0 Å². The number of fused-ring (bicyclic) bond motifs is 2. The van der Waals surface area contributed by atoms with Crippen molar-refractivity contribution in [1.29, 1.82) is 0 Å². The van der Waals surface area contributed by atoms with E-state index in [0.717, 1.165) is 43.2 Å². The van der Waals surface area contributed by atoms with Crippen molar-refractivity contribution in [3.05, 3.63) is 53.0 Å². The predicted octanol–water partition coefficient (Wildman–Crippen LogP) is 4.57. The van der Waals surface area contributed by atoms with Crippen LogP contribution < -0.4 is 0 Å². The lowest BCUT2D eigenvalue weighted by atomic mass is 9.81. The molecule has 136 valence electrons. The van der Waals surface area contributed by atoms with Crippen LogP contribution in [0, 0.1) is 12.7 Å². The van der Waals surface area contributed by atoms with Crippen LogP contribution in [0.2, 0.25) is 0 Å². The second-order valence-electron chi connectivity index (χ2n) is 8.09. The molecule has 0 bridgehead atoms. The fraction of sp³-hybridized carbons (Fsp3) is 0.500. The zero-order valence-corrected chi connectivity index (χ0v) is 15.3. The molecule has 2 aliphatic heterocycles. The predicted molar refractivity (Wildman–Crippen MR) is 99.3 cm³/mol. The Balaban J connectivity index is 1.44. The van der Waals surface area contributed by atoms with Crippen LogP contribution in [-0.4, -0.2) is 29.0 Å². The molecular weight excluding hydrogens is 327 g/mol. The Morgan fingerprint density at radius 3 is 2.69 bits per heavy atom. The molecule has 1 spiro atoms. The Bertz CT molecular complexity index is 838. The summed E-state index contributed by atoms with van der Waals surface area (Å²) >= 11 is 0. The van der Waals surface area contributed by atoms with Gasteiger partial charge in [0, 0.05) is 36.5 Å². The first kappa shape index (κ1) is 16.4. The summed E-state index contributed by atoms with van der Waals surface area (Å²) in [5, 5.41) is 0. The molecule has 2 fully saturated rings. The van der Waals surface area contributed by atoms with Crippen molar-refractivity contribution < 1.29 is 9.13 Å². The Kier molecular flexibility index (Phi) is 3.87. The number of hydrogen-bond acceptors (Lipinski definition) is 3. The van der Waals surface area contributed by atoms with E-state index >= 15 is 0 Å². The minimum Gasteiger partial charge on any atom is -0.365 e. The molecule has 0 unspecified atom stereocenters. The van der Waals surface area contributed by atoms with E-state index in [4.69, 9.17) is 4.74 Å². The normalized spacial score (nSPS) is 22.4. The van der Waals surface area contributed by atoms with E-state index in [1.807, 2.05) is 18.3 Å². The lowest BCUT2D eigenvalue weighted by Crippen LogP contribution is -2.49. The van der Waals surface area contributed by atoms with Crippen LogP contribution in [0.5, 0.6) is 0 Å². The Hall–Kier alpha value is -1.78. The van der Waals surface area contributed by atoms with Gasteiger partial charge in [-0.1, -0.05) is 18.6 Å². The Labute approximate surface area is 154 Å². The fourth-order valence-corrected chi connectivity index (χ4v) is 4.64. The van der Waals surface area contributed by atoms with Gasteiger partial charge >= 0.3 is 0 Å². The number of likely N-dealkylation sites (tertiary alicyclic amines) is 1. The van der Waals surface area contributed by atoms with Gasteiger partial charge in [-0.3, -0.25) is 4.98 Å². The first-order chi connectivity index (χ1) is 12.6. The van der Waals surface area contributed by atoms with Gasteiger partial charge in [0.1, 0.15) is 5.82 Å². The lowest BCUT2D eigenvalue weighted by Gasteiger charge is -2.45. The topological polar surface area (TPSA) is 25.4 Å². The first-order valence-electron chi connectivity index (χ1n) is 9.79. The summed E-state index contributed by atoms with van der Waals surface area (Å²) in [4.78, 5) is 7.22. The van der Waals surface area contributed by atoms with Crippen LogP contribution in [0.4, 0.5) is 4.39 Å². The minimum atomic E-state index is -0.176. The highest BCUT2D eigenvalue weighted by Crippen LogP contribution is 2.46. The zero-order valence-electron chi connectivity index (χ0n) is 15.3. The molecule has 1 saturated heterocycles. The molecule has 4 heteroatoms. The average molecular weight is 352 g/mol. The van der Waals surface area contributed by atoms with Crippen molar-refractivity contribution in [2.24, 2.45) is 0 Å². The monoisotopic (exact) mass is 352 g/mol. The summed E-state index contributed by atoms with van der Waals surface area (Å²) in [6.07, 6.45) is 8.11. The number of benzene rings is 1. The van der Waals surface area contributed by atoms with E-state index < -0.39 is 0 Å². The molecular formula is C22H25FN2O. The van der Waals surface area contributed by atoms with E-state index in [0.29, 0.717) is 12.2 Å². The van der Waals surface area contributed by atoms with Crippen LogP contribution in [-0.2, 0) is 16.9 Å². The van der Waals surface area contributed by atoms with Crippen molar-refractivity contribution in [3.8, 4) is 11.3 Å². The number of aryl methyl sites for hydroxylation is 1. The number of pyridine rings is 1. The van der Waals surface area contributed by atoms with Gasteiger partial charge in [0.05, 0.1) is 17.9 Å². The number of rotatable bonds is 2. The van der Waals surface area contributed by atoms with Crippen LogP contribution in [0.15, 0.2) is 30.5 Å². The minimum absolute atomic E-state index is 0.170. The highest BCUT2D eigenvalue weighted by Gasteiger charge is 2.44. The van der Waals surface area contributed by atoms with Crippen LogP contribution in [0.1, 0.15) is 48.8 Å². The van der Waals surface area contributed by atoms with Crippen molar-refractivity contribution in [2.45, 2.75) is 57.3 Å². The quantitative estimate of drug-likeness (QED) is 0.792. The Morgan fingerprint density at radius 2 is 2.00 bits per heavy atom. The fourth-order valence-electron chi connectivity index (χ4n) is 4.64. The SMILES string of the molecule is Cc1ccc(-c2cc3c(cn2)COC32CCN(C3CCC3)CC2)cc1F. The molecule has 2 aromatic rings. The molecule has 26 heavy (non-hydrogen) atoms. The van der Waals surface area contributed by atoms with E-state index in [9.17, 15) is 4.39 Å². The number of aromatic nitrogens is 1. The van der Waals surface area contributed by atoms with Gasteiger partial charge in [0.25, 0.3) is 0 Å². The summed E-state index contributed by atoms with van der Waals surface area (Å²) in [7, 11) is 0. The number of hydrogen-bond donors (Lipinski definition) is 0. The van der Waals surface area contributed by atoms with Crippen LogP contribution in [0.3, 0.4) is 0 Å². The summed E-state index contributed by atoms with van der Waals surface area (Å²) < 4.78 is 20.3. The summed E-state index contributed by atoms with van der Waals surface area (Å²) in [5.41, 5.74) is 4.64. The molecule has 0 N–H and O–H groups in total. The second-order valence-corrected chi connectivity index (χ2v) is 8.09. The summed E-state index contributed by atoms with van der Waals surface area (Å²) in [6, 6.07) is 8.31. The average Bonchev–Trinajstić information content (AvgIpc) is 2.96. The largest absolute Gasteiger partial charge is 0.365 e. The Morgan fingerprint density at radius 1 is 1.19 bits per heavy atom. The molecule has 3 aliphatic rings. The van der Waals surface area contributed by atoms with Crippen molar-refractivity contribution >= 4 is 0 Å². The van der Waals surface area contributed by atoms with Gasteiger partial charge in [-0.05, 0) is 55.9 Å². The van der Waals surface area contributed by atoms with Gasteiger partial charge in [-0.15, -0.1) is 0 Å². The number of piperidine rings is 1. The van der Waals surface area contributed by atoms with E-state index in [1.165, 1.54) is 30.4 Å². The maximum absolute atomic E-state index is 14.0. The molecule has 0 amide bonds. The van der Waals surface area contributed by atoms with Crippen molar-refractivity contribution in [1.82, 2.24) is 9.88 Å². The van der Waals surface area contributed by atoms with Crippen LogP contribution in [0.25, 0.3) is 11.3 Å². The maximum Gasteiger partial charge on any atom is 0.126 e. The van der Waals surface area contributed by atoms with Gasteiger partial charge in [-0.25, -0.2) is 4.39 Å². The highest BCUT2D eigenvalue weighted by molar-refractivity contribution is 5.62. The molecule has 0 radical (unpaired) electrons. The van der Waals surface area contributed by atoms with E-state index in [-0.39, 0.29) is 11.4 Å². The molecule has 3 nitrogen and oxygen atoms in total. The third kappa shape index (κ3) is 2.58. The van der Waals surface area contributed by atoms with Crippen molar-refractivity contribution in [2.75, 3.05) is 13.1 Å². The summed E-state index contributed by atoms with van der Waals surface area (Å²) in [6.45, 7) is 4.66. The van der Waals surface area contributed by atoms with Crippen LogP contribution >= 0.6 is 0 Å². The van der Waals surface area contributed by atoms with E-state index in [1.54, 1.807) is 13.0 Å². The highest BCUT2D eigenvalue weighted by atomic mass is 19.1. The molecule has 1 aromatic carbocycles. The number of nitrogens with zero attached hydrogens (tertiary/aromatic N) is 2. The van der Waals surface area contributed by atoms with Gasteiger partial charge in [0.15, 0.2) is 0 Å². The standard InChI is InChI=1S/C22H25FN2O/c1-15-5-6-16(11-20(15)23)21-12-19-17(13-24-21)14-26-22(19)7-9-25(10-8-22)18-3-2-4-18/h5-6,11-13,18H,2-4,7-10,14H2,1H3. The van der Waals surface area contributed by atoms with Gasteiger partial charge in [-0.2, -0.15) is 0 Å². The molecule has 3 heterocycles. The summed E-state index contributed by atoms with van der Waals surface area (Å²) in [5.74, 6) is -0.176. The lowest BCUT2D eigenvalue weighted by molar-refractivity contribution is -0.0888. The third-order valence-corrected chi connectivity index (χ3v) is 6.65. The van der Waals surface area contributed by atoms with Gasteiger partial charge < -0.3 is 9.64 Å². The smallest absolute Gasteiger partial charge is 0.126 e. The number of halogens is 1. The van der Waals surface area contributed by atoms with Gasteiger partial charge in [0.2, 0.25) is 0 Å². The molecule has 5 rings (SSSR count). The first-order valence-corrected chi connectivity index (χ1v) is 9.79. The third-order valence-electron chi connectivity index (χ3n) is 6.65. The molecule has 1 saturated carbocycles. The number of ether oxygens (including phenoxy) is 1. The molecule has 0 atom stereocenters. The zero-order chi connectivity index (χ0) is 17.7. The molecule has 1 aromatic heterocycles.